The first kappa shape index (κ1) is 15.2. The maximum atomic E-state index is 14.5. The third-order valence-electron chi connectivity index (χ3n) is 4.96. The maximum Gasteiger partial charge on any atom is 0.131 e. The summed E-state index contributed by atoms with van der Waals surface area (Å²) in [5, 5.41) is 0. The normalized spacial score (nSPS) is 21.8. The van der Waals surface area contributed by atoms with Crippen molar-refractivity contribution in [2.75, 3.05) is 0 Å². The predicted molar refractivity (Wildman–Crippen MR) is 89.0 cm³/mol. The third kappa shape index (κ3) is 3.06. The van der Waals surface area contributed by atoms with Crippen LogP contribution in [0, 0.1) is 24.5 Å². The standard InChI is InChI=1S/C20H22F2.H2/c1-13-3-6-15(7-4-13)16-9-10-18(20(22)11-16)17-8-5-14(2)19(21)12-17;/h5,8-13,15H,3-4,6-7H2,1-2H3;1H. The second kappa shape index (κ2) is 6.20. The fraction of sp³-hybridized carbons (Fsp3) is 0.400. The highest BCUT2D eigenvalue weighted by Crippen LogP contribution is 2.37. The third-order valence-corrected chi connectivity index (χ3v) is 4.96. The SMILES string of the molecule is Cc1ccc(-c2ccc(C3CCC(C)CC3)cc2F)cc1F.[HH]. The zero-order valence-corrected chi connectivity index (χ0v) is 13.2. The van der Waals surface area contributed by atoms with Gasteiger partial charge in [0, 0.05) is 6.99 Å². The van der Waals surface area contributed by atoms with Gasteiger partial charge in [-0.25, -0.2) is 8.78 Å². The molecule has 1 aliphatic carbocycles. The Morgan fingerprint density at radius 3 is 2.27 bits per heavy atom. The van der Waals surface area contributed by atoms with Crippen molar-refractivity contribution < 1.29 is 10.2 Å². The molecule has 118 valence electrons. The molecule has 0 amide bonds. The summed E-state index contributed by atoms with van der Waals surface area (Å²) in [4.78, 5) is 0. The van der Waals surface area contributed by atoms with E-state index in [0.717, 1.165) is 24.3 Å². The number of aryl methyl sites for hydroxylation is 1. The van der Waals surface area contributed by atoms with E-state index in [1.165, 1.54) is 18.9 Å². The summed E-state index contributed by atoms with van der Waals surface area (Å²) in [6.07, 6.45) is 4.71. The Kier molecular flexibility index (Phi) is 4.28. The molecule has 22 heavy (non-hydrogen) atoms. The number of halogens is 2. The Morgan fingerprint density at radius 1 is 0.909 bits per heavy atom. The van der Waals surface area contributed by atoms with E-state index < -0.39 is 0 Å². The Bertz CT molecular complexity index is 673. The van der Waals surface area contributed by atoms with Crippen LogP contribution in [0.25, 0.3) is 11.1 Å². The second-order valence-electron chi connectivity index (χ2n) is 6.66. The highest BCUT2D eigenvalue weighted by Gasteiger charge is 2.20. The lowest BCUT2D eigenvalue weighted by Crippen LogP contribution is -2.11. The van der Waals surface area contributed by atoms with Gasteiger partial charge in [0.1, 0.15) is 11.6 Å². The van der Waals surface area contributed by atoms with Crippen molar-refractivity contribution in [3.63, 3.8) is 0 Å². The van der Waals surface area contributed by atoms with Gasteiger partial charge in [-0.3, -0.25) is 0 Å². The summed E-state index contributed by atoms with van der Waals surface area (Å²) >= 11 is 0. The average Bonchev–Trinajstić information content (AvgIpc) is 2.51. The van der Waals surface area contributed by atoms with E-state index in [1.54, 1.807) is 31.2 Å². The van der Waals surface area contributed by atoms with Crippen LogP contribution in [0.5, 0.6) is 0 Å². The van der Waals surface area contributed by atoms with Crippen molar-refractivity contribution in [2.45, 2.75) is 45.4 Å². The van der Waals surface area contributed by atoms with Gasteiger partial charge in [0.05, 0.1) is 0 Å². The van der Waals surface area contributed by atoms with E-state index in [9.17, 15) is 8.78 Å². The molecule has 1 saturated carbocycles. The Hall–Kier alpha value is -1.70. The minimum absolute atomic E-state index is 0. The van der Waals surface area contributed by atoms with Crippen molar-refractivity contribution >= 4 is 0 Å². The van der Waals surface area contributed by atoms with Gasteiger partial charge in [0.2, 0.25) is 0 Å². The Labute approximate surface area is 132 Å². The average molecular weight is 302 g/mol. The van der Waals surface area contributed by atoms with Crippen molar-refractivity contribution in [1.29, 1.82) is 0 Å². The first-order valence-corrected chi connectivity index (χ1v) is 8.10. The molecular formula is C20H24F2. The van der Waals surface area contributed by atoms with Gasteiger partial charge in [-0.15, -0.1) is 0 Å². The summed E-state index contributed by atoms with van der Waals surface area (Å²) in [5.74, 6) is 0.715. The molecule has 0 spiro atoms. The number of benzene rings is 2. The molecule has 0 heterocycles. The van der Waals surface area contributed by atoms with Gasteiger partial charge in [0.15, 0.2) is 0 Å². The molecule has 0 saturated heterocycles. The molecule has 1 aliphatic rings. The molecule has 0 aliphatic heterocycles. The summed E-state index contributed by atoms with van der Waals surface area (Å²) in [7, 11) is 0. The highest BCUT2D eigenvalue weighted by atomic mass is 19.1. The monoisotopic (exact) mass is 302 g/mol. The minimum atomic E-state index is -0.290. The minimum Gasteiger partial charge on any atom is -0.207 e. The molecule has 0 bridgehead atoms. The molecule has 2 aromatic rings. The predicted octanol–water partition coefficient (Wildman–Crippen LogP) is 6.48. The van der Waals surface area contributed by atoms with Crippen LogP contribution in [0.2, 0.25) is 0 Å². The molecular weight excluding hydrogens is 278 g/mol. The first-order chi connectivity index (χ1) is 10.5. The van der Waals surface area contributed by atoms with Gasteiger partial charge < -0.3 is 0 Å². The van der Waals surface area contributed by atoms with Crippen LogP contribution in [0.15, 0.2) is 36.4 Å². The number of hydrogen-bond donors (Lipinski definition) is 0. The number of hydrogen-bond acceptors (Lipinski definition) is 0. The molecule has 2 aromatic carbocycles. The Morgan fingerprint density at radius 2 is 1.64 bits per heavy atom. The van der Waals surface area contributed by atoms with Crippen LogP contribution in [0.3, 0.4) is 0 Å². The van der Waals surface area contributed by atoms with Crippen LogP contribution in [0.1, 0.15) is 51.1 Å². The second-order valence-corrected chi connectivity index (χ2v) is 6.66. The van der Waals surface area contributed by atoms with Crippen LogP contribution in [-0.2, 0) is 0 Å². The smallest absolute Gasteiger partial charge is 0.131 e. The highest BCUT2D eigenvalue weighted by molar-refractivity contribution is 5.65. The first-order valence-electron chi connectivity index (χ1n) is 8.10. The summed E-state index contributed by atoms with van der Waals surface area (Å²) in [6, 6.07) is 10.3. The Balaban J connectivity index is 0.00000192. The van der Waals surface area contributed by atoms with E-state index in [1.807, 2.05) is 6.07 Å². The molecule has 1 fully saturated rings. The molecule has 0 nitrogen and oxygen atoms in total. The van der Waals surface area contributed by atoms with E-state index in [2.05, 4.69) is 6.92 Å². The zero-order valence-electron chi connectivity index (χ0n) is 13.2. The van der Waals surface area contributed by atoms with E-state index in [-0.39, 0.29) is 13.1 Å². The quantitative estimate of drug-likeness (QED) is 0.595. The molecule has 0 unspecified atom stereocenters. The van der Waals surface area contributed by atoms with Gasteiger partial charge in [-0.05, 0) is 60.4 Å². The molecule has 2 heteroatoms. The van der Waals surface area contributed by atoms with E-state index >= 15 is 0 Å². The lowest BCUT2D eigenvalue weighted by atomic mass is 9.79. The number of rotatable bonds is 2. The lowest BCUT2D eigenvalue weighted by Gasteiger charge is -2.26. The van der Waals surface area contributed by atoms with Crippen molar-refractivity contribution in [3.8, 4) is 11.1 Å². The molecule has 0 radical (unpaired) electrons. The molecule has 0 aromatic heterocycles. The topological polar surface area (TPSA) is 0 Å². The lowest BCUT2D eigenvalue weighted by molar-refractivity contribution is 0.347. The zero-order chi connectivity index (χ0) is 15.7. The van der Waals surface area contributed by atoms with Crippen molar-refractivity contribution in [3.05, 3.63) is 59.2 Å². The van der Waals surface area contributed by atoms with Crippen molar-refractivity contribution in [2.24, 2.45) is 5.92 Å². The summed E-state index contributed by atoms with van der Waals surface area (Å²) in [5.41, 5.74) is 2.74. The van der Waals surface area contributed by atoms with E-state index in [0.29, 0.717) is 22.6 Å². The molecule has 0 atom stereocenters. The van der Waals surface area contributed by atoms with Gasteiger partial charge in [-0.1, -0.05) is 44.0 Å². The van der Waals surface area contributed by atoms with Gasteiger partial charge in [0.25, 0.3) is 0 Å². The van der Waals surface area contributed by atoms with Crippen LogP contribution in [0.4, 0.5) is 8.78 Å². The summed E-state index contributed by atoms with van der Waals surface area (Å²) in [6.45, 7) is 3.99. The fourth-order valence-electron chi connectivity index (χ4n) is 3.37. The molecule has 3 rings (SSSR count). The van der Waals surface area contributed by atoms with Crippen LogP contribution < -0.4 is 0 Å². The maximum absolute atomic E-state index is 14.5. The van der Waals surface area contributed by atoms with Crippen LogP contribution >= 0.6 is 0 Å². The van der Waals surface area contributed by atoms with Gasteiger partial charge in [-0.2, -0.15) is 0 Å². The largest absolute Gasteiger partial charge is 0.207 e. The fourth-order valence-corrected chi connectivity index (χ4v) is 3.37. The van der Waals surface area contributed by atoms with Crippen LogP contribution in [-0.4, -0.2) is 0 Å². The van der Waals surface area contributed by atoms with E-state index in [4.69, 9.17) is 0 Å². The van der Waals surface area contributed by atoms with Gasteiger partial charge >= 0.3 is 0 Å². The summed E-state index contributed by atoms with van der Waals surface area (Å²) < 4.78 is 28.2. The van der Waals surface area contributed by atoms with Crippen molar-refractivity contribution in [1.82, 2.24) is 0 Å². The molecule has 0 N–H and O–H groups in total.